The second-order valence-electron chi connectivity index (χ2n) is 9.88. The molecule has 0 unspecified atom stereocenters. The van der Waals surface area contributed by atoms with Gasteiger partial charge in [0.15, 0.2) is 0 Å². The van der Waals surface area contributed by atoms with E-state index >= 15 is 0 Å². The number of benzene rings is 2. The number of amides is 2. The normalized spacial score (nSPS) is 14.9. The summed E-state index contributed by atoms with van der Waals surface area (Å²) in [5, 5.41) is 3.91. The highest BCUT2D eigenvalue weighted by Crippen LogP contribution is 2.28. The minimum atomic E-state index is -3.59. The van der Waals surface area contributed by atoms with Crippen molar-refractivity contribution in [3.63, 3.8) is 0 Å². The van der Waals surface area contributed by atoms with Crippen LogP contribution in [-0.4, -0.2) is 57.1 Å². The number of methoxy groups -OCH3 is 1. The van der Waals surface area contributed by atoms with Crippen LogP contribution in [0.4, 0.5) is 5.69 Å². The van der Waals surface area contributed by atoms with Gasteiger partial charge in [-0.3, -0.25) is 13.9 Å². The molecule has 1 fully saturated rings. The zero-order valence-corrected chi connectivity index (χ0v) is 25.0. The third-order valence-electron chi connectivity index (χ3n) is 7.02. The first kappa shape index (κ1) is 31.0. The SMILES string of the molecule is COc1ccc(N(CCCC(=O)N(Cc2c(Cl)cccc2Cl)[C@H](C)C(=O)NC2CCCCC2)S(C)(=O)=O)cc1. The van der Waals surface area contributed by atoms with E-state index in [1.807, 2.05) is 0 Å². The Kier molecular flexibility index (Phi) is 11.3. The van der Waals surface area contributed by atoms with Gasteiger partial charge in [0.25, 0.3) is 0 Å². The predicted molar refractivity (Wildman–Crippen MR) is 156 cm³/mol. The van der Waals surface area contributed by atoms with E-state index in [1.54, 1.807) is 49.4 Å². The molecule has 1 atom stereocenters. The number of rotatable bonds is 12. The van der Waals surface area contributed by atoms with Crippen molar-refractivity contribution >= 4 is 50.7 Å². The zero-order chi connectivity index (χ0) is 28.6. The number of carbonyl (C=O) groups excluding carboxylic acids is 2. The highest BCUT2D eigenvalue weighted by Gasteiger charge is 2.29. The van der Waals surface area contributed by atoms with Gasteiger partial charge in [0.1, 0.15) is 11.8 Å². The lowest BCUT2D eigenvalue weighted by Crippen LogP contribution is -2.50. The van der Waals surface area contributed by atoms with Crippen molar-refractivity contribution in [1.82, 2.24) is 10.2 Å². The van der Waals surface area contributed by atoms with Crippen LogP contribution in [0.15, 0.2) is 42.5 Å². The van der Waals surface area contributed by atoms with Crippen LogP contribution in [0.25, 0.3) is 0 Å². The second kappa shape index (κ2) is 14.2. The Morgan fingerprint density at radius 1 is 1.05 bits per heavy atom. The lowest BCUT2D eigenvalue weighted by Gasteiger charge is -2.32. The third-order valence-corrected chi connectivity index (χ3v) is 8.92. The maximum Gasteiger partial charge on any atom is 0.242 e. The molecule has 1 N–H and O–H groups in total. The standard InChI is InChI=1S/C28H37Cl2N3O5S/c1-20(28(35)31-21-9-5-4-6-10-21)32(19-24-25(29)11-7-12-26(24)30)27(34)13-8-18-33(39(3,36)37)22-14-16-23(38-2)17-15-22/h7,11-12,14-17,20-21H,4-6,8-10,13,18-19H2,1-3H3,(H,31,35)/t20-/m1/s1. The molecule has 0 saturated heterocycles. The number of hydrogen-bond acceptors (Lipinski definition) is 5. The van der Waals surface area contributed by atoms with Crippen LogP contribution in [0, 0.1) is 0 Å². The number of sulfonamides is 1. The van der Waals surface area contributed by atoms with Gasteiger partial charge in [0, 0.05) is 41.2 Å². The molecule has 3 rings (SSSR count). The Balaban J connectivity index is 1.75. The maximum atomic E-state index is 13.5. The summed E-state index contributed by atoms with van der Waals surface area (Å²) >= 11 is 12.8. The lowest BCUT2D eigenvalue weighted by atomic mass is 9.95. The van der Waals surface area contributed by atoms with Crippen molar-refractivity contribution in [2.24, 2.45) is 0 Å². The monoisotopic (exact) mass is 597 g/mol. The molecule has 39 heavy (non-hydrogen) atoms. The molecule has 2 amide bonds. The number of ether oxygens (including phenoxy) is 1. The number of nitrogens with one attached hydrogen (secondary N) is 1. The summed E-state index contributed by atoms with van der Waals surface area (Å²) < 4.78 is 31.4. The van der Waals surface area contributed by atoms with Gasteiger partial charge in [-0.2, -0.15) is 0 Å². The topological polar surface area (TPSA) is 96.0 Å². The van der Waals surface area contributed by atoms with E-state index < -0.39 is 16.1 Å². The molecule has 0 radical (unpaired) electrons. The van der Waals surface area contributed by atoms with Gasteiger partial charge >= 0.3 is 0 Å². The molecule has 2 aromatic rings. The molecular formula is C28H37Cl2N3O5S. The van der Waals surface area contributed by atoms with E-state index in [-0.39, 0.29) is 43.8 Å². The van der Waals surface area contributed by atoms with E-state index in [0.717, 1.165) is 31.9 Å². The summed E-state index contributed by atoms with van der Waals surface area (Å²) in [4.78, 5) is 28.2. The van der Waals surface area contributed by atoms with Gasteiger partial charge in [0.05, 0.1) is 19.1 Å². The van der Waals surface area contributed by atoms with Crippen LogP contribution in [0.2, 0.25) is 10.0 Å². The smallest absolute Gasteiger partial charge is 0.242 e. The first-order chi connectivity index (χ1) is 18.5. The average Bonchev–Trinajstić information content (AvgIpc) is 2.90. The second-order valence-corrected chi connectivity index (χ2v) is 12.6. The predicted octanol–water partition coefficient (Wildman–Crippen LogP) is 5.41. The highest BCUT2D eigenvalue weighted by atomic mass is 35.5. The molecule has 0 bridgehead atoms. The molecule has 214 valence electrons. The number of halogens is 2. The number of hydrogen-bond donors (Lipinski definition) is 1. The Bertz CT molecular complexity index is 1210. The quantitative estimate of drug-likeness (QED) is 0.352. The fraction of sp³-hybridized carbons (Fsp3) is 0.500. The van der Waals surface area contributed by atoms with Crippen LogP contribution in [-0.2, 0) is 26.2 Å². The fourth-order valence-corrected chi connectivity index (χ4v) is 6.24. The van der Waals surface area contributed by atoms with Crippen LogP contribution in [0.3, 0.4) is 0 Å². The minimum absolute atomic E-state index is 0.0330. The zero-order valence-electron chi connectivity index (χ0n) is 22.7. The Morgan fingerprint density at radius 2 is 1.67 bits per heavy atom. The summed E-state index contributed by atoms with van der Waals surface area (Å²) in [5.74, 6) is 0.0895. The van der Waals surface area contributed by atoms with Crippen LogP contribution in [0.5, 0.6) is 5.75 Å². The van der Waals surface area contributed by atoms with E-state index in [4.69, 9.17) is 27.9 Å². The highest BCUT2D eigenvalue weighted by molar-refractivity contribution is 7.92. The summed E-state index contributed by atoms with van der Waals surface area (Å²) in [6.45, 7) is 1.85. The van der Waals surface area contributed by atoms with E-state index in [9.17, 15) is 18.0 Å². The van der Waals surface area contributed by atoms with Crippen LogP contribution >= 0.6 is 23.2 Å². The van der Waals surface area contributed by atoms with E-state index in [0.29, 0.717) is 27.0 Å². The number of nitrogens with zero attached hydrogens (tertiary/aromatic N) is 2. The van der Waals surface area contributed by atoms with Crippen molar-refractivity contribution in [3.8, 4) is 5.75 Å². The van der Waals surface area contributed by atoms with Gasteiger partial charge in [-0.15, -0.1) is 0 Å². The number of carbonyl (C=O) groups is 2. The molecule has 1 aliphatic rings. The van der Waals surface area contributed by atoms with E-state index in [2.05, 4.69) is 5.32 Å². The van der Waals surface area contributed by atoms with Crippen molar-refractivity contribution in [1.29, 1.82) is 0 Å². The van der Waals surface area contributed by atoms with Gasteiger partial charge in [-0.05, 0) is 62.6 Å². The van der Waals surface area contributed by atoms with Gasteiger partial charge in [-0.1, -0.05) is 48.5 Å². The summed E-state index contributed by atoms with van der Waals surface area (Å²) in [6.07, 6.45) is 6.57. The maximum absolute atomic E-state index is 13.5. The lowest BCUT2D eigenvalue weighted by molar-refractivity contribution is -0.141. The third kappa shape index (κ3) is 8.75. The molecule has 2 aromatic carbocycles. The van der Waals surface area contributed by atoms with Crippen molar-refractivity contribution in [3.05, 3.63) is 58.1 Å². The van der Waals surface area contributed by atoms with E-state index in [1.165, 1.54) is 22.7 Å². The summed E-state index contributed by atoms with van der Waals surface area (Å²) in [7, 11) is -2.06. The van der Waals surface area contributed by atoms with Crippen molar-refractivity contribution in [2.45, 2.75) is 70.5 Å². The number of anilines is 1. The summed E-state index contributed by atoms with van der Waals surface area (Å²) in [6, 6.07) is 11.1. The van der Waals surface area contributed by atoms with Crippen LogP contribution < -0.4 is 14.4 Å². The molecule has 11 heteroatoms. The van der Waals surface area contributed by atoms with Crippen LogP contribution in [0.1, 0.15) is 57.4 Å². The molecule has 0 spiro atoms. The van der Waals surface area contributed by atoms with Gasteiger partial charge in [-0.25, -0.2) is 8.42 Å². The molecular weight excluding hydrogens is 561 g/mol. The minimum Gasteiger partial charge on any atom is -0.497 e. The van der Waals surface area contributed by atoms with Gasteiger partial charge < -0.3 is 15.0 Å². The molecule has 1 saturated carbocycles. The molecule has 8 nitrogen and oxygen atoms in total. The molecule has 0 aromatic heterocycles. The average molecular weight is 599 g/mol. The molecule has 0 heterocycles. The van der Waals surface area contributed by atoms with Gasteiger partial charge in [0.2, 0.25) is 21.8 Å². The Labute approximate surface area is 241 Å². The molecule has 0 aliphatic heterocycles. The largest absolute Gasteiger partial charge is 0.497 e. The fourth-order valence-electron chi connectivity index (χ4n) is 4.76. The Morgan fingerprint density at radius 3 is 2.23 bits per heavy atom. The molecule has 1 aliphatic carbocycles. The first-order valence-electron chi connectivity index (χ1n) is 13.2. The van der Waals surface area contributed by atoms with Crippen molar-refractivity contribution in [2.75, 3.05) is 24.2 Å². The first-order valence-corrected chi connectivity index (χ1v) is 15.8. The van der Waals surface area contributed by atoms with Crippen molar-refractivity contribution < 1.29 is 22.7 Å². The Hall–Kier alpha value is -2.49. The summed E-state index contributed by atoms with van der Waals surface area (Å²) in [5.41, 5.74) is 1.04.